The van der Waals surface area contributed by atoms with E-state index < -0.39 is 6.10 Å². The predicted octanol–water partition coefficient (Wildman–Crippen LogP) is 2.15. The van der Waals surface area contributed by atoms with Crippen LogP contribution in [0.2, 0.25) is 0 Å². The van der Waals surface area contributed by atoms with Crippen molar-refractivity contribution in [2.75, 3.05) is 5.32 Å². The van der Waals surface area contributed by atoms with Crippen LogP contribution < -0.4 is 5.32 Å². The van der Waals surface area contributed by atoms with Gasteiger partial charge in [-0.2, -0.15) is 0 Å². The average Bonchev–Trinajstić information content (AvgIpc) is 3.10. The number of aliphatic hydroxyl groups is 1. The van der Waals surface area contributed by atoms with Gasteiger partial charge in [0.1, 0.15) is 18.2 Å². The van der Waals surface area contributed by atoms with E-state index in [0.717, 1.165) is 31.5 Å². The number of carbonyl (C=O) groups is 1. The van der Waals surface area contributed by atoms with Gasteiger partial charge in [0.25, 0.3) is 5.91 Å². The third-order valence-electron chi connectivity index (χ3n) is 4.15. The first-order valence-corrected chi connectivity index (χ1v) is 7.67. The average molecular weight is 300 g/mol. The van der Waals surface area contributed by atoms with Gasteiger partial charge in [0.05, 0.1) is 11.9 Å². The first-order chi connectivity index (χ1) is 10.7. The summed E-state index contributed by atoms with van der Waals surface area (Å²) in [4.78, 5) is 20.4. The summed E-state index contributed by atoms with van der Waals surface area (Å²) >= 11 is 0. The van der Waals surface area contributed by atoms with Gasteiger partial charge in [-0.15, -0.1) is 0 Å². The molecule has 2 N–H and O–H groups in total. The van der Waals surface area contributed by atoms with Crippen LogP contribution in [0.25, 0.3) is 5.82 Å². The highest BCUT2D eigenvalue weighted by atomic mass is 16.3. The summed E-state index contributed by atoms with van der Waals surface area (Å²) < 4.78 is 1.78. The zero-order valence-corrected chi connectivity index (χ0v) is 12.4. The summed E-state index contributed by atoms with van der Waals surface area (Å²) in [5.74, 6) is 0.458. The van der Waals surface area contributed by atoms with Crippen molar-refractivity contribution in [3.05, 3.63) is 37.1 Å². The Balaban J connectivity index is 1.61. The fraction of sp³-hybridized carbons (Fsp3) is 0.438. The van der Waals surface area contributed by atoms with Crippen molar-refractivity contribution >= 4 is 11.6 Å². The van der Waals surface area contributed by atoms with Crippen molar-refractivity contribution in [1.82, 2.24) is 14.5 Å². The monoisotopic (exact) mass is 300 g/mol. The molecule has 0 spiro atoms. The number of amides is 1. The molecule has 2 aromatic heterocycles. The molecule has 0 aliphatic heterocycles. The highest BCUT2D eigenvalue weighted by Crippen LogP contribution is 2.27. The molecule has 1 amide bonds. The minimum atomic E-state index is -0.936. The molecule has 2 aromatic rings. The van der Waals surface area contributed by atoms with E-state index in [9.17, 15) is 9.90 Å². The number of carbonyl (C=O) groups excluding carboxylic acids is 1. The van der Waals surface area contributed by atoms with Gasteiger partial charge < -0.3 is 10.4 Å². The van der Waals surface area contributed by atoms with Gasteiger partial charge in [0.2, 0.25) is 0 Å². The maximum Gasteiger partial charge on any atom is 0.253 e. The lowest BCUT2D eigenvalue weighted by atomic mass is 9.85. The number of rotatable bonds is 4. The fourth-order valence-corrected chi connectivity index (χ4v) is 2.89. The van der Waals surface area contributed by atoms with Crippen LogP contribution in [0.4, 0.5) is 5.69 Å². The Hall–Kier alpha value is -2.21. The van der Waals surface area contributed by atoms with E-state index in [-0.39, 0.29) is 11.8 Å². The summed E-state index contributed by atoms with van der Waals surface area (Å²) in [6.07, 6.45) is 11.0. The van der Waals surface area contributed by atoms with E-state index in [0.29, 0.717) is 5.69 Å². The van der Waals surface area contributed by atoms with Crippen molar-refractivity contribution in [3.63, 3.8) is 0 Å². The SMILES string of the molecule is O=C(Nc1ccc(-n2ccnc2)nc1)C(O)C1CCCCC1. The van der Waals surface area contributed by atoms with Gasteiger partial charge in [-0.05, 0) is 30.9 Å². The molecule has 0 bridgehead atoms. The second kappa shape index (κ2) is 6.70. The molecule has 1 saturated carbocycles. The second-order valence-electron chi connectivity index (χ2n) is 5.71. The van der Waals surface area contributed by atoms with Crippen LogP contribution in [0.5, 0.6) is 0 Å². The number of hydrogen-bond donors (Lipinski definition) is 2. The molecule has 0 saturated heterocycles. The largest absolute Gasteiger partial charge is 0.383 e. The first-order valence-electron chi connectivity index (χ1n) is 7.67. The predicted molar refractivity (Wildman–Crippen MR) is 82.6 cm³/mol. The molecule has 1 unspecified atom stereocenters. The van der Waals surface area contributed by atoms with Crippen molar-refractivity contribution in [3.8, 4) is 5.82 Å². The standard InChI is InChI=1S/C16H20N4O2/c21-15(12-4-2-1-3-5-12)16(22)19-13-6-7-14(18-10-13)20-9-8-17-11-20/h6-12,15,21H,1-5H2,(H,19,22). The van der Waals surface area contributed by atoms with E-state index in [4.69, 9.17) is 0 Å². The van der Waals surface area contributed by atoms with E-state index >= 15 is 0 Å². The van der Waals surface area contributed by atoms with Crippen LogP contribution in [0.15, 0.2) is 37.1 Å². The topological polar surface area (TPSA) is 80.0 Å². The van der Waals surface area contributed by atoms with Gasteiger partial charge in [0.15, 0.2) is 0 Å². The van der Waals surface area contributed by atoms with Gasteiger partial charge in [-0.1, -0.05) is 19.3 Å². The van der Waals surface area contributed by atoms with Crippen LogP contribution in [0.1, 0.15) is 32.1 Å². The Morgan fingerprint density at radius 1 is 1.32 bits per heavy atom. The molecule has 6 heteroatoms. The number of pyridine rings is 1. The third kappa shape index (κ3) is 3.33. The van der Waals surface area contributed by atoms with Crippen molar-refractivity contribution < 1.29 is 9.90 Å². The lowest BCUT2D eigenvalue weighted by molar-refractivity contribution is -0.127. The number of imidazole rings is 1. The van der Waals surface area contributed by atoms with Crippen LogP contribution in [0.3, 0.4) is 0 Å². The van der Waals surface area contributed by atoms with Gasteiger partial charge in [-0.25, -0.2) is 9.97 Å². The van der Waals surface area contributed by atoms with E-state index in [1.165, 1.54) is 6.42 Å². The molecule has 1 atom stereocenters. The maximum absolute atomic E-state index is 12.1. The molecule has 0 aromatic carbocycles. The zero-order chi connectivity index (χ0) is 15.4. The summed E-state index contributed by atoms with van der Waals surface area (Å²) in [6, 6.07) is 3.57. The number of aliphatic hydroxyl groups excluding tert-OH is 1. The molecule has 1 fully saturated rings. The summed E-state index contributed by atoms with van der Waals surface area (Å²) in [5.41, 5.74) is 0.587. The maximum atomic E-state index is 12.1. The zero-order valence-electron chi connectivity index (χ0n) is 12.4. The fourth-order valence-electron chi connectivity index (χ4n) is 2.89. The van der Waals surface area contributed by atoms with Crippen molar-refractivity contribution in [2.24, 2.45) is 5.92 Å². The molecule has 1 aliphatic rings. The number of nitrogens with one attached hydrogen (secondary N) is 1. The Labute approximate surface area is 129 Å². The molecular formula is C16H20N4O2. The molecule has 3 rings (SSSR count). The van der Waals surface area contributed by atoms with Crippen molar-refractivity contribution in [2.45, 2.75) is 38.2 Å². The Bertz CT molecular complexity index is 604. The second-order valence-corrected chi connectivity index (χ2v) is 5.71. The van der Waals surface area contributed by atoms with Crippen LogP contribution >= 0.6 is 0 Å². The van der Waals surface area contributed by atoms with Crippen LogP contribution in [0, 0.1) is 5.92 Å². The van der Waals surface area contributed by atoms with Crippen LogP contribution in [-0.4, -0.2) is 31.7 Å². The summed E-state index contributed by atoms with van der Waals surface area (Å²) in [6.45, 7) is 0. The third-order valence-corrected chi connectivity index (χ3v) is 4.15. The molecule has 0 radical (unpaired) electrons. The molecule has 6 nitrogen and oxygen atoms in total. The highest BCUT2D eigenvalue weighted by Gasteiger charge is 2.27. The Morgan fingerprint density at radius 2 is 2.14 bits per heavy atom. The molecule has 1 aliphatic carbocycles. The van der Waals surface area contributed by atoms with E-state index in [1.54, 1.807) is 41.6 Å². The van der Waals surface area contributed by atoms with Gasteiger partial charge in [-0.3, -0.25) is 9.36 Å². The molecular weight excluding hydrogens is 280 g/mol. The van der Waals surface area contributed by atoms with E-state index in [1.807, 2.05) is 0 Å². The number of hydrogen-bond acceptors (Lipinski definition) is 4. The first kappa shape index (κ1) is 14.7. The summed E-state index contributed by atoms with van der Waals surface area (Å²) in [5, 5.41) is 12.9. The Morgan fingerprint density at radius 3 is 2.77 bits per heavy atom. The number of aromatic nitrogens is 3. The van der Waals surface area contributed by atoms with Gasteiger partial charge >= 0.3 is 0 Å². The Kier molecular flexibility index (Phi) is 4.48. The number of anilines is 1. The minimum Gasteiger partial charge on any atom is -0.383 e. The molecule has 116 valence electrons. The highest BCUT2D eigenvalue weighted by molar-refractivity contribution is 5.94. The minimum absolute atomic E-state index is 0.0759. The molecule has 2 heterocycles. The smallest absolute Gasteiger partial charge is 0.253 e. The number of nitrogens with zero attached hydrogens (tertiary/aromatic N) is 3. The van der Waals surface area contributed by atoms with E-state index in [2.05, 4.69) is 15.3 Å². The normalized spacial score (nSPS) is 17.1. The summed E-state index contributed by atoms with van der Waals surface area (Å²) in [7, 11) is 0. The molecule has 22 heavy (non-hydrogen) atoms. The lowest BCUT2D eigenvalue weighted by Crippen LogP contribution is -2.35. The van der Waals surface area contributed by atoms with Crippen LogP contribution in [-0.2, 0) is 4.79 Å². The van der Waals surface area contributed by atoms with Crippen molar-refractivity contribution in [1.29, 1.82) is 0 Å². The van der Waals surface area contributed by atoms with Gasteiger partial charge in [0, 0.05) is 12.4 Å². The lowest BCUT2D eigenvalue weighted by Gasteiger charge is -2.25. The quantitative estimate of drug-likeness (QED) is 0.906.